The molecule has 1 spiro atoms. The van der Waals surface area contributed by atoms with E-state index in [9.17, 15) is 15.3 Å². The number of hydrogen-bond acceptors (Lipinski definition) is 7. The van der Waals surface area contributed by atoms with E-state index in [1.807, 2.05) is 36.4 Å². The lowest BCUT2D eigenvalue weighted by Gasteiger charge is -2.45. The third kappa shape index (κ3) is 3.19. The summed E-state index contributed by atoms with van der Waals surface area (Å²) in [7, 11) is 0. The molecule has 6 nitrogen and oxygen atoms in total. The zero-order valence-corrected chi connectivity index (χ0v) is 17.2. The number of pyridine rings is 1. The van der Waals surface area contributed by atoms with E-state index >= 15 is 0 Å². The molecule has 2 aliphatic heterocycles. The average Bonchev–Trinajstić information content (AvgIpc) is 3.37. The van der Waals surface area contributed by atoms with Crippen LogP contribution in [0.25, 0.3) is 10.6 Å². The van der Waals surface area contributed by atoms with Gasteiger partial charge in [-0.1, -0.05) is 18.2 Å². The fourth-order valence-corrected chi connectivity index (χ4v) is 5.23. The minimum atomic E-state index is -1.46. The molecular formula is C23H23NO5S. The first-order chi connectivity index (χ1) is 14.5. The molecule has 156 valence electrons. The Morgan fingerprint density at radius 1 is 1.10 bits per heavy atom. The fourth-order valence-electron chi connectivity index (χ4n) is 4.21. The highest BCUT2D eigenvalue weighted by atomic mass is 32.1. The van der Waals surface area contributed by atoms with E-state index in [0.717, 1.165) is 28.1 Å². The van der Waals surface area contributed by atoms with Gasteiger partial charge in [-0.25, -0.2) is 0 Å². The van der Waals surface area contributed by atoms with Crippen molar-refractivity contribution < 1.29 is 24.8 Å². The van der Waals surface area contributed by atoms with E-state index in [2.05, 4.69) is 17.1 Å². The Hall–Kier alpha value is -2.13. The van der Waals surface area contributed by atoms with Gasteiger partial charge in [0.2, 0.25) is 5.79 Å². The number of thiophene rings is 1. The van der Waals surface area contributed by atoms with Crippen LogP contribution in [0.1, 0.15) is 28.5 Å². The first-order valence-electron chi connectivity index (χ1n) is 9.96. The van der Waals surface area contributed by atoms with Crippen LogP contribution in [0.3, 0.4) is 0 Å². The highest BCUT2D eigenvalue weighted by molar-refractivity contribution is 7.15. The molecule has 2 aromatic heterocycles. The molecule has 3 N–H and O–H groups in total. The molecule has 2 aliphatic rings. The monoisotopic (exact) mass is 425 g/mol. The van der Waals surface area contributed by atoms with Gasteiger partial charge < -0.3 is 24.8 Å². The van der Waals surface area contributed by atoms with Gasteiger partial charge in [0.25, 0.3) is 0 Å². The number of hydrogen-bond donors (Lipinski definition) is 3. The maximum absolute atomic E-state index is 10.7. The number of ether oxygens (including phenoxy) is 2. The van der Waals surface area contributed by atoms with Crippen molar-refractivity contribution in [2.45, 2.75) is 50.2 Å². The lowest BCUT2D eigenvalue weighted by Crippen LogP contribution is -2.62. The van der Waals surface area contributed by atoms with Crippen molar-refractivity contribution in [1.82, 2.24) is 4.98 Å². The second-order valence-electron chi connectivity index (χ2n) is 7.85. The van der Waals surface area contributed by atoms with Gasteiger partial charge in [-0.15, -0.1) is 11.3 Å². The molecule has 5 unspecified atom stereocenters. The molecule has 0 aliphatic carbocycles. The van der Waals surface area contributed by atoms with E-state index in [-0.39, 0.29) is 6.61 Å². The van der Waals surface area contributed by atoms with Crippen molar-refractivity contribution in [2.75, 3.05) is 0 Å². The van der Waals surface area contributed by atoms with Crippen LogP contribution in [0.15, 0.2) is 54.7 Å². The zero-order valence-electron chi connectivity index (χ0n) is 16.4. The van der Waals surface area contributed by atoms with Crippen molar-refractivity contribution in [3.05, 3.63) is 76.3 Å². The van der Waals surface area contributed by atoms with Crippen molar-refractivity contribution >= 4 is 11.3 Å². The lowest BCUT2D eigenvalue weighted by atomic mass is 9.87. The molecule has 1 aromatic carbocycles. The SMILES string of the molecule is CC1OC2(OCc3ccc(Cc4ccc(-c5ccccn5)s4)cc32)C(O)C(O)C1O. The van der Waals surface area contributed by atoms with Crippen LogP contribution in [0.2, 0.25) is 0 Å². The second-order valence-corrected chi connectivity index (χ2v) is 9.02. The van der Waals surface area contributed by atoms with Crippen LogP contribution in [-0.2, 0) is 28.3 Å². The first kappa shape index (κ1) is 19.8. The maximum Gasteiger partial charge on any atom is 0.225 e. The Kier molecular flexibility index (Phi) is 4.97. The third-order valence-electron chi connectivity index (χ3n) is 5.85. The molecule has 5 atom stereocenters. The number of aromatic nitrogens is 1. The van der Waals surface area contributed by atoms with Crippen molar-refractivity contribution in [3.63, 3.8) is 0 Å². The topological polar surface area (TPSA) is 92.0 Å². The van der Waals surface area contributed by atoms with E-state index in [1.165, 1.54) is 4.88 Å². The van der Waals surface area contributed by atoms with Gasteiger partial charge in [-0.2, -0.15) is 0 Å². The number of rotatable bonds is 3. The van der Waals surface area contributed by atoms with Crippen LogP contribution in [0.4, 0.5) is 0 Å². The van der Waals surface area contributed by atoms with Crippen molar-refractivity contribution in [3.8, 4) is 10.6 Å². The zero-order chi connectivity index (χ0) is 20.9. The van der Waals surface area contributed by atoms with Gasteiger partial charge in [-0.05, 0) is 48.4 Å². The van der Waals surface area contributed by atoms with E-state index in [1.54, 1.807) is 24.5 Å². The molecule has 0 radical (unpaired) electrons. The highest BCUT2D eigenvalue weighted by Gasteiger charge is 2.57. The molecule has 1 fully saturated rings. The van der Waals surface area contributed by atoms with Gasteiger partial charge in [0, 0.05) is 23.1 Å². The molecule has 3 aromatic rings. The van der Waals surface area contributed by atoms with Gasteiger partial charge >= 0.3 is 0 Å². The van der Waals surface area contributed by atoms with Crippen LogP contribution >= 0.6 is 11.3 Å². The van der Waals surface area contributed by atoms with Crippen molar-refractivity contribution in [1.29, 1.82) is 0 Å². The number of aliphatic hydroxyl groups is 3. The van der Waals surface area contributed by atoms with Crippen LogP contribution in [0.5, 0.6) is 0 Å². The first-order valence-corrected chi connectivity index (χ1v) is 10.8. The van der Waals surface area contributed by atoms with Crippen molar-refractivity contribution in [2.24, 2.45) is 0 Å². The summed E-state index contributed by atoms with van der Waals surface area (Å²) in [5.41, 5.74) is 3.63. The molecule has 4 heterocycles. The summed E-state index contributed by atoms with van der Waals surface area (Å²) < 4.78 is 11.8. The van der Waals surface area contributed by atoms with Crippen LogP contribution < -0.4 is 0 Å². The minimum absolute atomic E-state index is 0.283. The molecule has 5 rings (SSSR count). The Morgan fingerprint density at radius 3 is 2.77 bits per heavy atom. The summed E-state index contributed by atoms with van der Waals surface area (Å²) >= 11 is 1.70. The predicted octanol–water partition coefficient (Wildman–Crippen LogP) is 2.59. The van der Waals surface area contributed by atoms with E-state index < -0.39 is 30.2 Å². The number of nitrogens with zero attached hydrogens (tertiary/aromatic N) is 1. The molecule has 7 heteroatoms. The maximum atomic E-state index is 10.7. The number of fused-ring (bicyclic) bond motifs is 2. The quantitative estimate of drug-likeness (QED) is 0.598. The molecular weight excluding hydrogens is 402 g/mol. The summed E-state index contributed by atoms with van der Waals surface area (Å²) in [5, 5.41) is 31.1. The Labute approximate surface area is 178 Å². The number of benzene rings is 1. The summed E-state index contributed by atoms with van der Waals surface area (Å²) in [6, 6.07) is 16.0. The second kappa shape index (κ2) is 7.53. The lowest BCUT2D eigenvalue weighted by molar-refractivity contribution is -0.362. The summed E-state index contributed by atoms with van der Waals surface area (Å²) in [4.78, 5) is 6.71. The van der Waals surface area contributed by atoms with Crippen LogP contribution in [-0.4, -0.2) is 44.7 Å². The van der Waals surface area contributed by atoms with E-state index in [4.69, 9.17) is 9.47 Å². The predicted molar refractivity (Wildman–Crippen MR) is 112 cm³/mol. The van der Waals surface area contributed by atoms with Gasteiger partial charge in [0.1, 0.15) is 18.3 Å². The smallest absolute Gasteiger partial charge is 0.225 e. The number of aliphatic hydroxyl groups excluding tert-OH is 3. The minimum Gasteiger partial charge on any atom is -0.388 e. The van der Waals surface area contributed by atoms with Gasteiger partial charge in [-0.3, -0.25) is 4.98 Å². The summed E-state index contributed by atoms with van der Waals surface area (Å²) in [6.07, 6.45) is -2.05. The average molecular weight is 426 g/mol. The molecule has 1 saturated heterocycles. The fraction of sp³-hybridized carbons (Fsp3) is 0.348. The molecule has 0 bridgehead atoms. The Morgan fingerprint density at radius 2 is 1.97 bits per heavy atom. The van der Waals surface area contributed by atoms with Gasteiger partial charge in [0.15, 0.2) is 0 Å². The Balaban J connectivity index is 1.44. The summed E-state index contributed by atoms with van der Waals surface area (Å²) in [5.74, 6) is -1.46. The van der Waals surface area contributed by atoms with E-state index in [0.29, 0.717) is 5.56 Å². The normalized spacial score (nSPS) is 30.5. The third-order valence-corrected chi connectivity index (χ3v) is 6.96. The van der Waals surface area contributed by atoms with Crippen LogP contribution in [0, 0.1) is 0 Å². The van der Waals surface area contributed by atoms with Gasteiger partial charge in [0.05, 0.1) is 23.3 Å². The highest BCUT2D eigenvalue weighted by Crippen LogP contribution is 2.46. The molecule has 0 amide bonds. The molecule has 0 saturated carbocycles. The summed E-state index contributed by atoms with van der Waals surface area (Å²) in [6.45, 7) is 1.95. The largest absolute Gasteiger partial charge is 0.388 e. The molecule has 30 heavy (non-hydrogen) atoms. The standard InChI is InChI=1S/C23H23NO5S/c1-13-20(25)21(26)22(27)23(29-13)17-11-14(5-6-15(17)12-28-23)10-16-7-8-19(30-16)18-4-2-3-9-24-18/h2-9,11,13,20-22,25-27H,10,12H2,1H3. The Bertz CT molecular complexity index is 1050.